The van der Waals surface area contributed by atoms with Crippen molar-refractivity contribution in [2.45, 2.75) is 6.92 Å². The number of nitrogens with zero attached hydrogens (tertiary/aromatic N) is 1. The van der Waals surface area contributed by atoms with Crippen molar-refractivity contribution in [1.29, 1.82) is 0 Å². The minimum Gasteiger partial charge on any atom is -0.315 e. The molecule has 2 N–H and O–H groups in total. The fourth-order valence-electron chi connectivity index (χ4n) is 1.74. The number of anilines is 1. The highest BCUT2D eigenvalue weighted by atomic mass is 35.5. The van der Waals surface area contributed by atoms with E-state index in [4.69, 9.17) is 23.8 Å². The summed E-state index contributed by atoms with van der Waals surface area (Å²) < 4.78 is 0. The van der Waals surface area contributed by atoms with Crippen LogP contribution < -0.4 is 15.1 Å². The highest BCUT2D eigenvalue weighted by Crippen LogP contribution is 2.19. The van der Waals surface area contributed by atoms with Crippen molar-refractivity contribution in [3.8, 4) is 0 Å². The third-order valence-corrected chi connectivity index (χ3v) is 3.34. The van der Waals surface area contributed by atoms with E-state index in [0.717, 1.165) is 35.7 Å². The molecule has 0 bridgehead atoms. The van der Waals surface area contributed by atoms with Gasteiger partial charge in [0.05, 0.1) is 12.2 Å². The van der Waals surface area contributed by atoms with E-state index in [9.17, 15) is 0 Å². The minimum atomic E-state index is 0.740. The molecule has 1 aliphatic heterocycles. The van der Waals surface area contributed by atoms with Crippen molar-refractivity contribution in [3.63, 3.8) is 0 Å². The predicted octanol–water partition coefficient (Wildman–Crippen LogP) is 0.854. The average molecular weight is 257 g/mol. The van der Waals surface area contributed by atoms with Gasteiger partial charge in [-0.15, -0.1) is 0 Å². The number of benzene rings is 1. The summed E-state index contributed by atoms with van der Waals surface area (Å²) >= 11 is 11.3. The first kappa shape index (κ1) is 11.6. The van der Waals surface area contributed by atoms with Gasteiger partial charge in [-0.05, 0) is 37.3 Å². The number of thiocarbonyl (C=S) groups is 1. The molecule has 0 radical (unpaired) electrons. The Labute approximate surface area is 106 Å². The molecule has 86 valence electrons. The molecular weight excluding hydrogens is 242 g/mol. The number of hydrogen-bond acceptors (Lipinski definition) is 1. The van der Waals surface area contributed by atoms with Crippen LogP contribution in [0.3, 0.4) is 0 Å². The summed E-state index contributed by atoms with van der Waals surface area (Å²) in [6, 6.07) is 7.78. The lowest BCUT2D eigenvalue weighted by atomic mass is 10.3. The summed E-state index contributed by atoms with van der Waals surface area (Å²) in [7, 11) is 0. The summed E-state index contributed by atoms with van der Waals surface area (Å²) in [4.78, 5) is 3.54. The lowest BCUT2D eigenvalue weighted by molar-refractivity contribution is -0.901. The molecule has 1 heterocycles. The van der Waals surface area contributed by atoms with Crippen LogP contribution in [0, 0.1) is 0 Å². The van der Waals surface area contributed by atoms with Gasteiger partial charge in [0, 0.05) is 5.02 Å². The SMILES string of the molecule is CC[NH+]1CNC(=S)N(c2cccc(Cl)c2)C1. The van der Waals surface area contributed by atoms with Gasteiger partial charge in [-0.3, -0.25) is 4.90 Å². The third kappa shape index (κ3) is 2.45. The number of nitrogens with one attached hydrogen (secondary N) is 2. The molecule has 1 aliphatic rings. The molecule has 5 heteroatoms. The molecule has 0 aromatic heterocycles. The van der Waals surface area contributed by atoms with Crippen molar-refractivity contribution in [1.82, 2.24) is 5.32 Å². The second-order valence-electron chi connectivity index (χ2n) is 3.83. The van der Waals surface area contributed by atoms with E-state index in [1.54, 1.807) is 0 Å². The Morgan fingerprint density at radius 1 is 1.56 bits per heavy atom. The summed E-state index contributed by atoms with van der Waals surface area (Å²) in [5.74, 6) is 0. The summed E-state index contributed by atoms with van der Waals surface area (Å²) in [6.07, 6.45) is 0. The zero-order chi connectivity index (χ0) is 11.5. The Morgan fingerprint density at radius 3 is 3.06 bits per heavy atom. The lowest BCUT2D eigenvalue weighted by Gasteiger charge is -2.34. The first-order chi connectivity index (χ1) is 7.70. The summed E-state index contributed by atoms with van der Waals surface area (Å²) in [5.41, 5.74) is 1.05. The van der Waals surface area contributed by atoms with Crippen molar-refractivity contribution >= 4 is 34.6 Å². The van der Waals surface area contributed by atoms with Crippen LogP contribution in [-0.4, -0.2) is 25.0 Å². The molecule has 0 aliphatic carbocycles. The molecule has 1 unspecified atom stereocenters. The second-order valence-corrected chi connectivity index (χ2v) is 4.65. The monoisotopic (exact) mass is 256 g/mol. The van der Waals surface area contributed by atoms with Gasteiger partial charge in [-0.25, -0.2) is 0 Å². The van der Waals surface area contributed by atoms with Crippen molar-refractivity contribution in [2.24, 2.45) is 0 Å². The molecule has 16 heavy (non-hydrogen) atoms. The molecule has 1 fully saturated rings. The smallest absolute Gasteiger partial charge is 0.182 e. The second kappa shape index (κ2) is 4.99. The van der Waals surface area contributed by atoms with Crippen LogP contribution in [0.2, 0.25) is 5.02 Å². The zero-order valence-electron chi connectivity index (χ0n) is 9.16. The van der Waals surface area contributed by atoms with E-state index >= 15 is 0 Å². The normalized spacial score (nSPS) is 20.8. The Balaban J connectivity index is 2.21. The van der Waals surface area contributed by atoms with Crippen molar-refractivity contribution < 1.29 is 4.90 Å². The molecular formula is C11H15ClN3S+. The molecule has 1 atom stereocenters. The molecule has 0 saturated carbocycles. The van der Waals surface area contributed by atoms with Crippen LogP contribution in [0.1, 0.15) is 6.92 Å². The van der Waals surface area contributed by atoms with Gasteiger partial charge in [0.1, 0.15) is 0 Å². The van der Waals surface area contributed by atoms with Crippen LogP contribution in [0.25, 0.3) is 0 Å². The summed E-state index contributed by atoms with van der Waals surface area (Å²) in [5, 5.41) is 4.75. The number of hydrogen-bond donors (Lipinski definition) is 2. The van der Waals surface area contributed by atoms with Gasteiger partial charge in [-0.2, -0.15) is 0 Å². The van der Waals surface area contributed by atoms with Crippen LogP contribution >= 0.6 is 23.8 Å². The highest BCUT2D eigenvalue weighted by molar-refractivity contribution is 7.80. The Hall–Kier alpha value is -0.840. The van der Waals surface area contributed by atoms with E-state index in [2.05, 4.69) is 17.1 Å². The Kier molecular flexibility index (Phi) is 3.63. The topological polar surface area (TPSA) is 19.7 Å². The molecule has 2 rings (SSSR count). The standard InChI is InChI=1S/C11H14ClN3S/c1-2-14-7-13-11(16)15(8-14)10-5-3-4-9(12)6-10/h3-6H,2,7-8H2,1H3,(H,13,16)/p+1. The van der Waals surface area contributed by atoms with E-state index in [0.29, 0.717) is 0 Å². The first-order valence-corrected chi connectivity index (χ1v) is 6.14. The van der Waals surface area contributed by atoms with Crippen LogP contribution in [-0.2, 0) is 0 Å². The fourth-order valence-corrected chi connectivity index (χ4v) is 2.16. The maximum Gasteiger partial charge on any atom is 0.182 e. The van der Waals surface area contributed by atoms with E-state index in [1.165, 1.54) is 4.90 Å². The lowest BCUT2D eigenvalue weighted by Crippen LogP contribution is -3.17. The third-order valence-electron chi connectivity index (χ3n) is 2.74. The van der Waals surface area contributed by atoms with Crippen molar-refractivity contribution in [3.05, 3.63) is 29.3 Å². The molecule has 3 nitrogen and oxygen atoms in total. The van der Waals surface area contributed by atoms with E-state index < -0.39 is 0 Å². The first-order valence-electron chi connectivity index (χ1n) is 5.35. The van der Waals surface area contributed by atoms with E-state index in [1.807, 2.05) is 24.3 Å². The van der Waals surface area contributed by atoms with Crippen LogP contribution in [0.15, 0.2) is 24.3 Å². The van der Waals surface area contributed by atoms with Gasteiger partial charge in [0.15, 0.2) is 18.4 Å². The quantitative estimate of drug-likeness (QED) is 0.766. The van der Waals surface area contributed by atoms with Crippen LogP contribution in [0.5, 0.6) is 0 Å². The van der Waals surface area contributed by atoms with Crippen LogP contribution in [0.4, 0.5) is 5.69 Å². The molecule has 1 saturated heterocycles. The predicted molar refractivity (Wildman–Crippen MR) is 70.9 cm³/mol. The molecule has 1 aromatic rings. The van der Waals surface area contributed by atoms with E-state index in [-0.39, 0.29) is 0 Å². The molecule has 0 amide bonds. The van der Waals surface area contributed by atoms with Gasteiger partial charge < -0.3 is 10.2 Å². The minimum absolute atomic E-state index is 0.740. The number of quaternary nitrogens is 1. The Bertz CT molecular complexity index is 397. The maximum absolute atomic E-state index is 5.98. The highest BCUT2D eigenvalue weighted by Gasteiger charge is 2.23. The number of halogens is 1. The van der Waals surface area contributed by atoms with Gasteiger partial charge in [0.25, 0.3) is 0 Å². The zero-order valence-corrected chi connectivity index (χ0v) is 10.7. The average Bonchev–Trinajstić information content (AvgIpc) is 2.30. The summed E-state index contributed by atoms with van der Waals surface area (Å²) in [6.45, 7) is 5.03. The Morgan fingerprint density at radius 2 is 2.38 bits per heavy atom. The molecule has 0 spiro atoms. The van der Waals surface area contributed by atoms with Gasteiger partial charge in [-0.1, -0.05) is 17.7 Å². The fraction of sp³-hybridized carbons (Fsp3) is 0.364. The molecule has 1 aromatic carbocycles. The number of rotatable bonds is 2. The van der Waals surface area contributed by atoms with Gasteiger partial charge in [0.2, 0.25) is 0 Å². The van der Waals surface area contributed by atoms with Gasteiger partial charge >= 0.3 is 0 Å². The maximum atomic E-state index is 5.98. The largest absolute Gasteiger partial charge is 0.315 e. The van der Waals surface area contributed by atoms with Crippen molar-refractivity contribution in [2.75, 3.05) is 24.8 Å².